The van der Waals surface area contributed by atoms with E-state index in [0.717, 1.165) is 12.0 Å². The number of ether oxygens (including phenoxy) is 1. The second kappa shape index (κ2) is 8.35. The molecule has 0 bridgehead atoms. The van der Waals surface area contributed by atoms with Gasteiger partial charge in [0.25, 0.3) is 5.91 Å². The summed E-state index contributed by atoms with van der Waals surface area (Å²) in [5.41, 5.74) is 1.38. The van der Waals surface area contributed by atoms with Gasteiger partial charge in [-0.05, 0) is 42.0 Å². The number of rotatable bonds is 5. The van der Waals surface area contributed by atoms with Crippen molar-refractivity contribution in [3.8, 4) is 0 Å². The van der Waals surface area contributed by atoms with E-state index in [1.807, 2.05) is 11.4 Å². The smallest absolute Gasteiger partial charge is 0.337 e. The topological polar surface area (TPSA) is 66.9 Å². The number of benzene rings is 1. The molecule has 1 aromatic carbocycles. The molecule has 1 fully saturated rings. The van der Waals surface area contributed by atoms with Gasteiger partial charge < -0.3 is 14.5 Å². The summed E-state index contributed by atoms with van der Waals surface area (Å²) in [5.74, 6) is -0.522. The Morgan fingerprint density at radius 2 is 1.96 bits per heavy atom. The Kier molecular flexibility index (Phi) is 5.91. The Bertz CT molecular complexity index is 817. The van der Waals surface area contributed by atoms with E-state index in [0.29, 0.717) is 30.0 Å². The van der Waals surface area contributed by atoms with E-state index in [2.05, 4.69) is 4.74 Å². The molecule has 142 valence electrons. The molecule has 0 unspecified atom stereocenters. The minimum absolute atomic E-state index is 0.0607. The molecule has 6 nitrogen and oxygen atoms in total. The first-order valence-electron chi connectivity index (χ1n) is 8.78. The van der Waals surface area contributed by atoms with Gasteiger partial charge in [0.1, 0.15) is 6.04 Å². The molecular weight excluding hydrogens is 364 g/mol. The zero-order valence-corrected chi connectivity index (χ0v) is 16.2. The molecule has 3 rings (SSSR count). The Labute approximate surface area is 162 Å². The maximum Gasteiger partial charge on any atom is 0.337 e. The summed E-state index contributed by atoms with van der Waals surface area (Å²) in [4.78, 5) is 41.1. The first kappa shape index (κ1) is 19.1. The summed E-state index contributed by atoms with van der Waals surface area (Å²) in [6.45, 7) is 1.02. The lowest BCUT2D eigenvalue weighted by molar-refractivity contribution is -0.134. The predicted molar refractivity (Wildman–Crippen MR) is 103 cm³/mol. The third kappa shape index (κ3) is 4.19. The number of carbonyl (C=O) groups is 3. The second-order valence-corrected chi connectivity index (χ2v) is 7.46. The lowest BCUT2D eigenvalue weighted by Crippen LogP contribution is -2.46. The minimum Gasteiger partial charge on any atom is -0.465 e. The van der Waals surface area contributed by atoms with Gasteiger partial charge in [-0.15, -0.1) is 11.3 Å². The van der Waals surface area contributed by atoms with Crippen molar-refractivity contribution in [3.05, 3.63) is 57.8 Å². The van der Waals surface area contributed by atoms with Crippen LogP contribution in [0.5, 0.6) is 0 Å². The number of methoxy groups -OCH3 is 1. The van der Waals surface area contributed by atoms with Gasteiger partial charge in [-0.3, -0.25) is 9.59 Å². The lowest BCUT2D eigenvalue weighted by atomic mass is 10.1. The van der Waals surface area contributed by atoms with E-state index in [1.54, 1.807) is 47.2 Å². The molecule has 7 heteroatoms. The number of thiophene rings is 1. The van der Waals surface area contributed by atoms with Gasteiger partial charge in [-0.2, -0.15) is 0 Å². The van der Waals surface area contributed by atoms with Crippen molar-refractivity contribution in [2.24, 2.45) is 0 Å². The molecule has 0 radical (unpaired) electrons. The summed E-state index contributed by atoms with van der Waals surface area (Å²) in [6, 6.07) is 10.2. The first-order valence-corrected chi connectivity index (χ1v) is 9.66. The molecule has 1 aromatic heterocycles. The monoisotopic (exact) mass is 386 g/mol. The predicted octanol–water partition coefficient (Wildman–Crippen LogP) is 2.80. The van der Waals surface area contributed by atoms with Crippen LogP contribution in [-0.2, 0) is 16.1 Å². The number of amides is 2. The molecular formula is C20H22N2O4S. The fraction of sp³-hybridized carbons (Fsp3) is 0.350. The lowest BCUT2D eigenvalue weighted by Gasteiger charge is -2.28. The summed E-state index contributed by atoms with van der Waals surface area (Å²) < 4.78 is 4.69. The molecule has 1 aliphatic heterocycles. The average Bonchev–Trinajstić information content (AvgIpc) is 3.38. The zero-order chi connectivity index (χ0) is 19.4. The Balaban J connectivity index is 1.65. The fourth-order valence-corrected chi connectivity index (χ4v) is 3.96. The maximum atomic E-state index is 12.9. The van der Waals surface area contributed by atoms with Gasteiger partial charge in [-0.25, -0.2) is 4.79 Å². The largest absolute Gasteiger partial charge is 0.465 e. The Morgan fingerprint density at radius 3 is 2.59 bits per heavy atom. The van der Waals surface area contributed by atoms with Crippen LogP contribution in [0.4, 0.5) is 0 Å². The van der Waals surface area contributed by atoms with E-state index in [1.165, 1.54) is 18.4 Å². The van der Waals surface area contributed by atoms with E-state index in [4.69, 9.17) is 0 Å². The highest BCUT2D eigenvalue weighted by molar-refractivity contribution is 7.12. The molecule has 0 aliphatic carbocycles. The highest BCUT2D eigenvalue weighted by Gasteiger charge is 2.36. The highest BCUT2D eigenvalue weighted by atomic mass is 32.1. The van der Waals surface area contributed by atoms with Crippen LogP contribution < -0.4 is 0 Å². The normalized spacial score (nSPS) is 16.2. The third-order valence-electron chi connectivity index (χ3n) is 4.70. The molecule has 2 aromatic rings. The van der Waals surface area contributed by atoms with Crippen LogP contribution in [0.1, 0.15) is 38.4 Å². The standard InChI is InChI=1S/C20H22N2O4S/c1-21(13-14-7-9-15(10-8-14)20(25)26-2)18(23)16-5-3-11-22(16)19(24)17-6-4-12-27-17/h4,6-10,12,16H,3,5,11,13H2,1-2H3/t16-/m1/s1. The highest BCUT2D eigenvalue weighted by Crippen LogP contribution is 2.24. The number of carbonyl (C=O) groups excluding carboxylic acids is 3. The average molecular weight is 386 g/mol. The van der Waals surface area contributed by atoms with Crippen molar-refractivity contribution >= 4 is 29.1 Å². The molecule has 2 heterocycles. The number of hydrogen-bond acceptors (Lipinski definition) is 5. The minimum atomic E-state index is -0.418. The molecule has 1 aliphatic rings. The molecule has 2 amide bonds. The Morgan fingerprint density at radius 1 is 1.22 bits per heavy atom. The van der Waals surface area contributed by atoms with Gasteiger partial charge in [-0.1, -0.05) is 18.2 Å². The van der Waals surface area contributed by atoms with Crippen molar-refractivity contribution in [2.45, 2.75) is 25.4 Å². The summed E-state index contributed by atoms with van der Waals surface area (Å²) >= 11 is 1.39. The number of likely N-dealkylation sites (tertiary alicyclic amines) is 1. The summed E-state index contributed by atoms with van der Waals surface area (Å²) in [7, 11) is 3.08. The molecule has 1 atom stereocenters. The van der Waals surface area contributed by atoms with Gasteiger partial charge in [0.15, 0.2) is 0 Å². The number of likely N-dealkylation sites (N-methyl/N-ethyl adjacent to an activating group) is 1. The quantitative estimate of drug-likeness (QED) is 0.741. The van der Waals surface area contributed by atoms with E-state index < -0.39 is 6.04 Å². The van der Waals surface area contributed by atoms with E-state index in [-0.39, 0.29) is 17.8 Å². The van der Waals surface area contributed by atoms with Crippen LogP contribution in [0, 0.1) is 0 Å². The van der Waals surface area contributed by atoms with Crippen molar-refractivity contribution in [1.82, 2.24) is 9.80 Å². The Hall–Kier alpha value is -2.67. The summed E-state index contributed by atoms with van der Waals surface area (Å²) in [5, 5.41) is 1.87. The van der Waals surface area contributed by atoms with Crippen LogP contribution in [0.25, 0.3) is 0 Å². The number of nitrogens with zero attached hydrogens (tertiary/aromatic N) is 2. The number of esters is 1. The second-order valence-electron chi connectivity index (χ2n) is 6.52. The van der Waals surface area contributed by atoms with Crippen LogP contribution in [0.3, 0.4) is 0 Å². The van der Waals surface area contributed by atoms with E-state index >= 15 is 0 Å². The van der Waals surface area contributed by atoms with Crippen LogP contribution in [0.2, 0.25) is 0 Å². The molecule has 0 saturated carbocycles. The van der Waals surface area contributed by atoms with Gasteiger partial charge in [0, 0.05) is 20.1 Å². The zero-order valence-electron chi connectivity index (χ0n) is 15.4. The molecule has 0 N–H and O–H groups in total. The SMILES string of the molecule is COC(=O)c1ccc(CN(C)C(=O)[C@H]2CCCN2C(=O)c2cccs2)cc1. The van der Waals surface area contributed by atoms with Gasteiger partial charge in [0.2, 0.25) is 5.91 Å². The number of hydrogen-bond donors (Lipinski definition) is 0. The fourth-order valence-electron chi connectivity index (χ4n) is 3.28. The van der Waals surface area contributed by atoms with Crippen molar-refractivity contribution in [1.29, 1.82) is 0 Å². The molecule has 0 spiro atoms. The van der Waals surface area contributed by atoms with Gasteiger partial charge >= 0.3 is 5.97 Å². The molecule has 27 heavy (non-hydrogen) atoms. The first-order chi connectivity index (χ1) is 13.0. The van der Waals surface area contributed by atoms with Crippen LogP contribution in [-0.4, -0.2) is 54.3 Å². The van der Waals surface area contributed by atoms with Crippen LogP contribution >= 0.6 is 11.3 Å². The van der Waals surface area contributed by atoms with Gasteiger partial charge in [0.05, 0.1) is 17.6 Å². The maximum absolute atomic E-state index is 12.9. The van der Waals surface area contributed by atoms with Crippen LogP contribution in [0.15, 0.2) is 41.8 Å². The summed E-state index contributed by atoms with van der Waals surface area (Å²) in [6.07, 6.45) is 1.51. The van der Waals surface area contributed by atoms with Crippen molar-refractivity contribution < 1.29 is 19.1 Å². The van der Waals surface area contributed by atoms with E-state index in [9.17, 15) is 14.4 Å². The third-order valence-corrected chi connectivity index (χ3v) is 5.56. The van der Waals surface area contributed by atoms with Crippen molar-refractivity contribution in [3.63, 3.8) is 0 Å². The van der Waals surface area contributed by atoms with Crippen molar-refractivity contribution in [2.75, 3.05) is 20.7 Å². The molecule has 1 saturated heterocycles.